The fraction of sp³-hybridized carbons (Fsp3) is 0.316. The van der Waals surface area contributed by atoms with Gasteiger partial charge in [-0.05, 0) is 36.1 Å². The summed E-state index contributed by atoms with van der Waals surface area (Å²) in [5.41, 5.74) is 2.28. The molecule has 1 N–H and O–H groups in total. The molecule has 0 radical (unpaired) electrons. The molecular weight excluding hydrogens is 290 g/mol. The van der Waals surface area contributed by atoms with Gasteiger partial charge in [0.15, 0.2) is 0 Å². The average molecular weight is 311 g/mol. The van der Waals surface area contributed by atoms with Gasteiger partial charge in [-0.3, -0.25) is 10.1 Å². The second-order valence-electron chi connectivity index (χ2n) is 5.72. The van der Waals surface area contributed by atoms with Crippen LogP contribution in [0.25, 0.3) is 0 Å². The predicted octanol–water partition coefficient (Wildman–Crippen LogP) is 3.23. The molecule has 1 heterocycles. The first-order valence-electron chi connectivity index (χ1n) is 7.87. The van der Waals surface area contributed by atoms with Gasteiger partial charge in [0.2, 0.25) is 0 Å². The fourth-order valence-corrected chi connectivity index (χ4v) is 2.90. The van der Waals surface area contributed by atoms with E-state index in [0.717, 1.165) is 29.7 Å². The molecule has 3 rings (SSSR count). The van der Waals surface area contributed by atoms with E-state index in [1.165, 1.54) is 7.11 Å². The van der Waals surface area contributed by atoms with E-state index in [0.29, 0.717) is 6.61 Å². The molecule has 1 saturated heterocycles. The third kappa shape index (κ3) is 3.90. The van der Waals surface area contributed by atoms with Crippen molar-refractivity contribution in [2.45, 2.75) is 31.5 Å². The Balaban J connectivity index is 1.63. The summed E-state index contributed by atoms with van der Waals surface area (Å²) in [5.74, 6) is 0.652. The zero-order valence-electron chi connectivity index (χ0n) is 13.2. The van der Waals surface area contributed by atoms with E-state index in [9.17, 15) is 4.79 Å². The van der Waals surface area contributed by atoms with E-state index < -0.39 is 0 Å². The monoisotopic (exact) mass is 311 g/mol. The molecule has 0 amide bonds. The summed E-state index contributed by atoms with van der Waals surface area (Å²) in [7, 11) is 1.43. The van der Waals surface area contributed by atoms with Gasteiger partial charge < -0.3 is 9.47 Å². The minimum atomic E-state index is -0.209. The number of carbonyl (C=O) groups is 1. The largest absolute Gasteiger partial charge is 0.489 e. The standard InChI is InChI=1S/C19H21NO3/c1-22-19(21)18-11-10-17(20-18)15-8-5-9-16(12-15)23-13-14-6-3-2-4-7-14/h2-9,12,17-18,20H,10-11,13H2,1H3/t17-,18+/m1/s1. The molecule has 2 aromatic rings. The first-order chi connectivity index (χ1) is 11.3. The van der Waals surface area contributed by atoms with E-state index in [2.05, 4.69) is 11.4 Å². The highest BCUT2D eigenvalue weighted by atomic mass is 16.5. The van der Waals surface area contributed by atoms with Gasteiger partial charge in [0.25, 0.3) is 0 Å². The Hall–Kier alpha value is -2.33. The highest BCUT2D eigenvalue weighted by molar-refractivity contribution is 5.76. The number of esters is 1. The van der Waals surface area contributed by atoms with Gasteiger partial charge in [-0.1, -0.05) is 42.5 Å². The van der Waals surface area contributed by atoms with Crippen molar-refractivity contribution in [2.75, 3.05) is 7.11 Å². The van der Waals surface area contributed by atoms with Crippen LogP contribution >= 0.6 is 0 Å². The van der Waals surface area contributed by atoms with Gasteiger partial charge in [-0.2, -0.15) is 0 Å². The second kappa shape index (κ2) is 7.29. The number of nitrogens with one attached hydrogen (secondary N) is 1. The van der Waals surface area contributed by atoms with Crippen molar-refractivity contribution in [3.05, 3.63) is 65.7 Å². The maximum absolute atomic E-state index is 11.6. The Morgan fingerprint density at radius 3 is 2.74 bits per heavy atom. The molecule has 0 saturated carbocycles. The average Bonchev–Trinajstić information content (AvgIpc) is 3.11. The lowest BCUT2D eigenvalue weighted by Gasteiger charge is -2.15. The van der Waals surface area contributed by atoms with E-state index in [4.69, 9.17) is 9.47 Å². The molecule has 4 nitrogen and oxygen atoms in total. The van der Waals surface area contributed by atoms with Crippen LogP contribution in [0.3, 0.4) is 0 Å². The van der Waals surface area contributed by atoms with Crippen LogP contribution in [0.2, 0.25) is 0 Å². The van der Waals surface area contributed by atoms with Crippen LogP contribution in [0.5, 0.6) is 5.75 Å². The number of rotatable bonds is 5. The number of carbonyl (C=O) groups excluding carboxylic acids is 1. The van der Waals surface area contributed by atoms with Crippen molar-refractivity contribution in [1.82, 2.24) is 5.32 Å². The minimum absolute atomic E-state index is 0.166. The molecule has 0 bridgehead atoms. The lowest BCUT2D eigenvalue weighted by atomic mass is 10.1. The van der Waals surface area contributed by atoms with Crippen LogP contribution in [0.1, 0.15) is 30.0 Å². The van der Waals surface area contributed by atoms with Crippen molar-refractivity contribution in [3.8, 4) is 5.75 Å². The van der Waals surface area contributed by atoms with Crippen LogP contribution in [0.4, 0.5) is 0 Å². The van der Waals surface area contributed by atoms with Crippen LogP contribution in [0.15, 0.2) is 54.6 Å². The van der Waals surface area contributed by atoms with E-state index in [-0.39, 0.29) is 18.1 Å². The molecule has 0 aromatic heterocycles. The van der Waals surface area contributed by atoms with E-state index in [1.54, 1.807) is 0 Å². The quantitative estimate of drug-likeness (QED) is 0.861. The third-order valence-corrected chi connectivity index (χ3v) is 4.14. The van der Waals surface area contributed by atoms with Gasteiger partial charge in [0.1, 0.15) is 18.4 Å². The first kappa shape index (κ1) is 15.6. The van der Waals surface area contributed by atoms with E-state index in [1.807, 2.05) is 48.5 Å². The summed E-state index contributed by atoms with van der Waals surface area (Å²) < 4.78 is 10.7. The molecule has 2 aromatic carbocycles. The number of hydrogen-bond acceptors (Lipinski definition) is 4. The summed E-state index contributed by atoms with van der Waals surface area (Å²) >= 11 is 0. The van der Waals surface area contributed by atoms with Gasteiger partial charge in [-0.15, -0.1) is 0 Å². The molecule has 0 unspecified atom stereocenters. The van der Waals surface area contributed by atoms with Crippen molar-refractivity contribution < 1.29 is 14.3 Å². The highest BCUT2D eigenvalue weighted by Crippen LogP contribution is 2.29. The molecule has 4 heteroatoms. The van der Waals surface area contributed by atoms with Gasteiger partial charge in [-0.25, -0.2) is 0 Å². The summed E-state index contributed by atoms with van der Waals surface area (Å²) in [4.78, 5) is 11.6. The summed E-state index contributed by atoms with van der Waals surface area (Å²) in [6.45, 7) is 0.549. The molecule has 1 aliphatic rings. The summed E-state index contributed by atoms with van der Waals surface area (Å²) in [6.07, 6.45) is 1.72. The Morgan fingerprint density at radius 1 is 1.13 bits per heavy atom. The highest BCUT2D eigenvalue weighted by Gasteiger charge is 2.30. The third-order valence-electron chi connectivity index (χ3n) is 4.14. The van der Waals surface area contributed by atoms with Gasteiger partial charge >= 0.3 is 5.97 Å². The fourth-order valence-electron chi connectivity index (χ4n) is 2.90. The number of benzene rings is 2. The number of hydrogen-bond donors (Lipinski definition) is 1. The maximum atomic E-state index is 11.6. The first-order valence-corrected chi connectivity index (χ1v) is 7.87. The summed E-state index contributed by atoms with van der Waals surface area (Å²) in [6, 6.07) is 18.1. The van der Waals surface area contributed by atoms with Gasteiger partial charge in [0.05, 0.1) is 7.11 Å². The Kier molecular flexibility index (Phi) is 4.93. The lowest BCUT2D eigenvalue weighted by molar-refractivity contribution is -0.142. The summed E-state index contributed by atoms with van der Waals surface area (Å²) in [5, 5.41) is 3.33. The molecule has 0 aliphatic carbocycles. The van der Waals surface area contributed by atoms with Crippen LogP contribution in [-0.2, 0) is 16.1 Å². The van der Waals surface area contributed by atoms with Crippen LogP contribution in [0, 0.1) is 0 Å². The molecule has 0 spiro atoms. The lowest BCUT2D eigenvalue weighted by Crippen LogP contribution is -2.33. The smallest absolute Gasteiger partial charge is 0.322 e. The molecule has 1 aliphatic heterocycles. The van der Waals surface area contributed by atoms with Gasteiger partial charge in [0, 0.05) is 6.04 Å². The van der Waals surface area contributed by atoms with Crippen molar-refractivity contribution >= 4 is 5.97 Å². The zero-order valence-corrected chi connectivity index (χ0v) is 13.2. The van der Waals surface area contributed by atoms with Crippen molar-refractivity contribution in [3.63, 3.8) is 0 Å². The van der Waals surface area contributed by atoms with E-state index >= 15 is 0 Å². The zero-order chi connectivity index (χ0) is 16.1. The molecule has 1 fully saturated rings. The molecular formula is C19H21NO3. The molecule has 120 valence electrons. The maximum Gasteiger partial charge on any atom is 0.322 e. The SMILES string of the molecule is COC(=O)[C@@H]1CC[C@H](c2cccc(OCc3ccccc3)c2)N1. The van der Waals surface area contributed by atoms with Crippen molar-refractivity contribution in [1.29, 1.82) is 0 Å². The van der Waals surface area contributed by atoms with Crippen LogP contribution < -0.4 is 10.1 Å². The predicted molar refractivity (Wildman–Crippen MR) is 88.1 cm³/mol. The Labute approximate surface area is 136 Å². The Morgan fingerprint density at radius 2 is 1.96 bits per heavy atom. The molecule has 2 atom stereocenters. The Bertz CT molecular complexity index is 657. The van der Waals surface area contributed by atoms with Crippen LogP contribution in [-0.4, -0.2) is 19.1 Å². The topological polar surface area (TPSA) is 47.6 Å². The normalized spacial score (nSPS) is 20.2. The van der Waals surface area contributed by atoms with Crippen molar-refractivity contribution in [2.24, 2.45) is 0 Å². The molecule has 23 heavy (non-hydrogen) atoms. The number of ether oxygens (including phenoxy) is 2. The minimum Gasteiger partial charge on any atom is -0.489 e. The number of methoxy groups -OCH3 is 1. The second-order valence-corrected chi connectivity index (χ2v) is 5.72.